The molecule has 2 atom stereocenters. The number of allylic oxidation sites excluding steroid dienone is 2. The summed E-state index contributed by atoms with van der Waals surface area (Å²) in [6.07, 6.45) is 52.5. The fourth-order valence-electron chi connectivity index (χ4n) is 8.01. The molecule has 2 amide bonds. The molecular formula is C52H98N2O7. The van der Waals surface area contributed by atoms with Gasteiger partial charge in [-0.1, -0.05) is 206 Å². The lowest BCUT2D eigenvalue weighted by molar-refractivity contribution is -0.150. The molecule has 0 heterocycles. The topological polar surface area (TPSA) is 142 Å². The van der Waals surface area contributed by atoms with Crippen molar-refractivity contribution in [1.29, 1.82) is 0 Å². The number of carboxylic acid groups (broad SMARTS) is 1. The molecule has 0 aliphatic rings. The maximum absolute atomic E-state index is 12.9. The predicted octanol–water partition coefficient (Wildman–Crippen LogP) is 13.8. The summed E-state index contributed by atoms with van der Waals surface area (Å²) in [5.41, 5.74) is 0. The van der Waals surface area contributed by atoms with Crippen LogP contribution in [0.5, 0.6) is 0 Å². The Morgan fingerprint density at radius 1 is 0.475 bits per heavy atom. The van der Waals surface area contributed by atoms with Gasteiger partial charge in [-0.2, -0.15) is 0 Å². The Balaban J connectivity index is 4.28. The van der Waals surface area contributed by atoms with Crippen molar-refractivity contribution in [1.82, 2.24) is 10.6 Å². The second kappa shape index (κ2) is 47.1. The van der Waals surface area contributed by atoms with Crippen molar-refractivity contribution in [2.24, 2.45) is 0 Å². The molecule has 4 N–H and O–H groups in total. The Hall–Kier alpha value is -2.42. The van der Waals surface area contributed by atoms with Gasteiger partial charge in [-0.05, 0) is 64.2 Å². The van der Waals surface area contributed by atoms with Crippen molar-refractivity contribution in [3.63, 3.8) is 0 Å². The van der Waals surface area contributed by atoms with E-state index in [0.717, 1.165) is 70.6 Å². The van der Waals surface area contributed by atoms with Gasteiger partial charge in [0.15, 0.2) is 0 Å². The van der Waals surface area contributed by atoms with Gasteiger partial charge in [0.25, 0.3) is 0 Å². The standard InChI is InChI=1S/C52H98N2O7/c1-3-5-7-9-11-13-15-17-19-20-21-23-25-27-29-31-36-40-44-51(58)61-47(41-37-33-30-28-26-24-22-18-16-14-12-10-8-6-4-2)42-38-34-32-35-39-43-49(56)53-45-50(57)54-48(46-55)52(59)60/h24,26,47-48,55H,3-23,25,27-46H2,1-2H3,(H,53,56)(H,54,57)(H,59,60)/b26-24-. The Kier molecular flexibility index (Phi) is 45.2. The van der Waals surface area contributed by atoms with Crippen LogP contribution in [0.1, 0.15) is 271 Å². The molecule has 0 fully saturated rings. The lowest BCUT2D eigenvalue weighted by atomic mass is 10.0. The minimum Gasteiger partial charge on any atom is -0.480 e. The number of aliphatic hydroxyl groups excluding tert-OH is 1. The first-order chi connectivity index (χ1) is 29.8. The number of ether oxygens (including phenoxy) is 1. The van der Waals surface area contributed by atoms with E-state index in [1.807, 2.05) is 0 Å². The minimum atomic E-state index is -1.38. The van der Waals surface area contributed by atoms with E-state index in [-0.39, 0.29) is 24.5 Å². The highest BCUT2D eigenvalue weighted by atomic mass is 16.5. The zero-order chi connectivity index (χ0) is 44.7. The Bertz CT molecular complexity index is 1040. The van der Waals surface area contributed by atoms with Crippen molar-refractivity contribution in [2.75, 3.05) is 13.2 Å². The van der Waals surface area contributed by atoms with Crippen LogP contribution in [0.3, 0.4) is 0 Å². The predicted molar refractivity (Wildman–Crippen MR) is 255 cm³/mol. The molecule has 0 aliphatic carbocycles. The van der Waals surface area contributed by atoms with Crippen LogP contribution in [0, 0.1) is 0 Å². The quantitative estimate of drug-likeness (QED) is 0.0271. The average Bonchev–Trinajstić information content (AvgIpc) is 3.25. The van der Waals surface area contributed by atoms with Gasteiger partial charge in [0, 0.05) is 12.8 Å². The molecule has 0 aromatic heterocycles. The molecule has 2 unspecified atom stereocenters. The van der Waals surface area contributed by atoms with Crippen LogP contribution in [-0.4, -0.2) is 59.3 Å². The second-order valence-electron chi connectivity index (χ2n) is 18.0. The molecular weight excluding hydrogens is 765 g/mol. The summed E-state index contributed by atoms with van der Waals surface area (Å²) in [6, 6.07) is -1.38. The Morgan fingerprint density at radius 2 is 0.836 bits per heavy atom. The summed E-state index contributed by atoms with van der Waals surface area (Å²) < 4.78 is 6.07. The molecule has 0 radical (unpaired) electrons. The lowest BCUT2D eigenvalue weighted by Crippen LogP contribution is -2.47. The van der Waals surface area contributed by atoms with Crippen LogP contribution in [0.2, 0.25) is 0 Å². The van der Waals surface area contributed by atoms with Crippen LogP contribution < -0.4 is 10.6 Å². The van der Waals surface area contributed by atoms with Crippen molar-refractivity contribution in [2.45, 2.75) is 283 Å². The number of nitrogens with one attached hydrogen (secondary N) is 2. The third-order valence-electron chi connectivity index (χ3n) is 12.0. The van der Waals surface area contributed by atoms with Crippen molar-refractivity contribution in [3.05, 3.63) is 12.2 Å². The van der Waals surface area contributed by atoms with Crippen molar-refractivity contribution >= 4 is 23.8 Å². The molecule has 0 saturated heterocycles. The number of hydrogen-bond acceptors (Lipinski definition) is 6. The molecule has 0 aromatic carbocycles. The van der Waals surface area contributed by atoms with E-state index >= 15 is 0 Å². The number of carbonyl (C=O) groups is 4. The van der Waals surface area contributed by atoms with E-state index < -0.39 is 24.5 Å². The number of carboxylic acids is 1. The van der Waals surface area contributed by atoms with Gasteiger partial charge in [-0.25, -0.2) is 4.79 Å². The van der Waals surface area contributed by atoms with E-state index in [0.29, 0.717) is 19.3 Å². The largest absolute Gasteiger partial charge is 0.480 e. The van der Waals surface area contributed by atoms with E-state index in [9.17, 15) is 19.2 Å². The highest BCUT2D eigenvalue weighted by Gasteiger charge is 2.19. The monoisotopic (exact) mass is 863 g/mol. The number of hydrogen-bond donors (Lipinski definition) is 4. The first-order valence-corrected chi connectivity index (χ1v) is 26.1. The third kappa shape index (κ3) is 44.0. The molecule has 0 rings (SSSR count). The molecule has 358 valence electrons. The smallest absolute Gasteiger partial charge is 0.328 e. The van der Waals surface area contributed by atoms with E-state index in [2.05, 4.69) is 36.6 Å². The second-order valence-corrected chi connectivity index (χ2v) is 18.0. The van der Waals surface area contributed by atoms with Crippen LogP contribution in [-0.2, 0) is 23.9 Å². The van der Waals surface area contributed by atoms with Crippen molar-refractivity contribution in [3.8, 4) is 0 Å². The molecule has 61 heavy (non-hydrogen) atoms. The zero-order valence-electron chi connectivity index (χ0n) is 39.9. The van der Waals surface area contributed by atoms with Gasteiger partial charge in [-0.15, -0.1) is 0 Å². The van der Waals surface area contributed by atoms with Gasteiger partial charge in [0.05, 0.1) is 13.2 Å². The van der Waals surface area contributed by atoms with E-state index in [1.54, 1.807) is 0 Å². The van der Waals surface area contributed by atoms with Gasteiger partial charge in [0.2, 0.25) is 11.8 Å². The van der Waals surface area contributed by atoms with Crippen molar-refractivity contribution < 1.29 is 34.1 Å². The van der Waals surface area contributed by atoms with E-state index in [1.165, 1.54) is 167 Å². The highest BCUT2D eigenvalue weighted by Crippen LogP contribution is 2.19. The van der Waals surface area contributed by atoms with Crippen LogP contribution in [0.4, 0.5) is 0 Å². The summed E-state index contributed by atoms with van der Waals surface area (Å²) in [5.74, 6) is -2.28. The molecule has 0 bridgehead atoms. The number of esters is 1. The summed E-state index contributed by atoms with van der Waals surface area (Å²) in [5, 5.41) is 22.6. The summed E-state index contributed by atoms with van der Waals surface area (Å²) in [7, 11) is 0. The average molecular weight is 863 g/mol. The SMILES string of the molecule is CCCCCCCCCC/C=C\CCCCCC(CCCCCCCC(=O)NCC(=O)NC(CO)C(=O)O)OC(=O)CCCCCCCCCCCCCCCCCCCC. The number of aliphatic carboxylic acids is 1. The molecule has 0 saturated carbocycles. The van der Waals surface area contributed by atoms with E-state index in [4.69, 9.17) is 14.9 Å². The first-order valence-electron chi connectivity index (χ1n) is 26.1. The maximum Gasteiger partial charge on any atom is 0.328 e. The number of unbranched alkanes of at least 4 members (excludes halogenated alkanes) is 32. The lowest BCUT2D eigenvalue weighted by Gasteiger charge is -2.18. The maximum atomic E-state index is 12.9. The molecule has 9 nitrogen and oxygen atoms in total. The fourth-order valence-corrected chi connectivity index (χ4v) is 8.01. The molecule has 9 heteroatoms. The first kappa shape index (κ1) is 58.6. The third-order valence-corrected chi connectivity index (χ3v) is 12.0. The van der Waals surface area contributed by atoms with Gasteiger partial charge >= 0.3 is 11.9 Å². The van der Waals surface area contributed by atoms with Gasteiger partial charge in [-0.3, -0.25) is 14.4 Å². The number of rotatable bonds is 48. The molecule has 0 aromatic rings. The highest BCUT2D eigenvalue weighted by molar-refractivity contribution is 5.87. The fraction of sp³-hybridized carbons (Fsp3) is 0.885. The van der Waals surface area contributed by atoms with Crippen LogP contribution in [0.25, 0.3) is 0 Å². The molecule has 0 aliphatic heterocycles. The number of carbonyl (C=O) groups excluding carboxylic acids is 3. The Morgan fingerprint density at radius 3 is 1.25 bits per heavy atom. The normalized spacial score (nSPS) is 12.4. The number of aliphatic hydroxyl groups is 1. The van der Waals surface area contributed by atoms with Gasteiger partial charge in [0.1, 0.15) is 12.1 Å². The van der Waals surface area contributed by atoms with Crippen LogP contribution in [0.15, 0.2) is 12.2 Å². The summed E-state index contributed by atoms with van der Waals surface area (Å²) in [6.45, 7) is 3.52. The van der Waals surface area contributed by atoms with Gasteiger partial charge < -0.3 is 25.6 Å². The van der Waals surface area contributed by atoms with Crippen LogP contribution >= 0.6 is 0 Å². The zero-order valence-corrected chi connectivity index (χ0v) is 39.9. The molecule has 0 spiro atoms. The summed E-state index contributed by atoms with van der Waals surface area (Å²) >= 11 is 0. The number of amides is 2. The summed E-state index contributed by atoms with van der Waals surface area (Å²) in [4.78, 5) is 47.8. The Labute approximate surface area is 375 Å². The minimum absolute atomic E-state index is 0.0240.